The summed E-state index contributed by atoms with van der Waals surface area (Å²) in [6.07, 6.45) is 7.59. The standard InChI is InChI=1S/C10H22O4S.2Na/c1-2-3-4-5-6-7-8-9-10(11)15(12,13)14;;/h10-11H,2-9H2,1H3,(H,12,13,14);;. The minimum atomic E-state index is -4.25. The SMILES string of the molecule is CCCCCCCCCC(O)S(=O)(=O)O.[Na].[Na]. The Labute approximate surface area is 149 Å². The molecule has 2 radical (unpaired) electrons. The van der Waals surface area contributed by atoms with E-state index in [-0.39, 0.29) is 65.5 Å². The molecule has 0 aromatic heterocycles. The van der Waals surface area contributed by atoms with Gasteiger partial charge in [-0.05, 0) is 12.8 Å². The maximum atomic E-state index is 10.4. The summed E-state index contributed by atoms with van der Waals surface area (Å²) in [4.78, 5) is 0. The van der Waals surface area contributed by atoms with Crippen molar-refractivity contribution in [1.29, 1.82) is 0 Å². The Balaban J connectivity index is -0.000000980. The molecular formula is C10H22Na2O4S. The molecule has 1 unspecified atom stereocenters. The molecule has 94 valence electrons. The van der Waals surface area contributed by atoms with Crippen LogP contribution in [0.15, 0.2) is 0 Å². The normalized spacial score (nSPS) is 12.4. The average Bonchev–Trinajstić information content (AvgIpc) is 2.14. The summed E-state index contributed by atoms with van der Waals surface area (Å²) in [6.45, 7) is 2.16. The van der Waals surface area contributed by atoms with Gasteiger partial charge in [0, 0.05) is 59.1 Å². The molecule has 0 rings (SSSR count). The van der Waals surface area contributed by atoms with Crippen molar-refractivity contribution in [3.63, 3.8) is 0 Å². The summed E-state index contributed by atoms with van der Waals surface area (Å²) >= 11 is 0. The van der Waals surface area contributed by atoms with Crippen LogP contribution < -0.4 is 0 Å². The molecule has 0 aliphatic carbocycles. The molecule has 2 N–H and O–H groups in total. The van der Waals surface area contributed by atoms with Gasteiger partial charge in [0.25, 0.3) is 10.1 Å². The van der Waals surface area contributed by atoms with Crippen LogP contribution in [0.1, 0.15) is 58.3 Å². The molecular weight excluding hydrogens is 262 g/mol. The molecule has 1 atom stereocenters. The monoisotopic (exact) mass is 284 g/mol. The summed E-state index contributed by atoms with van der Waals surface area (Å²) in [6, 6.07) is 0. The Morgan fingerprint density at radius 3 is 1.76 bits per heavy atom. The Morgan fingerprint density at radius 1 is 0.941 bits per heavy atom. The zero-order valence-electron chi connectivity index (χ0n) is 11.4. The third kappa shape index (κ3) is 15.8. The zero-order valence-corrected chi connectivity index (χ0v) is 16.2. The predicted molar refractivity (Wildman–Crippen MR) is 71.7 cm³/mol. The van der Waals surface area contributed by atoms with Crippen molar-refractivity contribution in [1.82, 2.24) is 0 Å². The van der Waals surface area contributed by atoms with Gasteiger partial charge < -0.3 is 5.11 Å². The molecule has 17 heavy (non-hydrogen) atoms. The first-order valence-electron chi connectivity index (χ1n) is 5.63. The molecule has 0 heterocycles. The van der Waals surface area contributed by atoms with Gasteiger partial charge in [-0.15, -0.1) is 0 Å². The van der Waals surface area contributed by atoms with Crippen LogP contribution in [0, 0.1) is 0 Å². The molecule has 0 amide bonds. The first-order chi connectivity index (χ1) is 6.98. The minimum Gasteiger partial charge on any atom is -0.375 e. The van der Waals surface area contributed by atoms with Crippen LogP contribution in [-0.2, 0) is 10.1 Å². The van der Waals surface area contributed by atoms with Crippen LogP contribution in [0.3, 0.4) is 0 Å². The van der Waals surface area contributed by atoms with E-state index in [0.717, 1.165) is 19.3 Å². The fourth-order valence-corrected chi connectivity index (χ4v) is 1.89. The van der Waals surface area contributed by atoms with E-state index in [0.29, 0.717) is 6.42 Å². The Morgan fingerprint density at radius 2 is 1.35 bits per heavy atom. The number of aliphatic hydroxyl groups excluding tert-OH is 1. The smallest absolute Gasteiger partial charge is 0.291 e. The van der Waals surface area contributed by atoms with Crippen LogP contribution in [-0.4, -0.2) is 82.6 Å². The molecule has 7 heteroatoms. The second kappa shape index (κ2) is 14.3. The molecule has 0 aliphatic heterocycles. The van der Waals surface area contributed by atoms with Crippen molar-refractivity contribution < 1.29 is 18.1 Å². The van der Waals surface area contributed by atoms with Gasteiger partial charge in [-0.2, -0.15) is 8.42 Å². The van der Waals surface area contributed by atoms with Crippen LogP contribution >= 0.6 is 0 Å². The maximum Gasteiger partial charge on any atom is 0.291 e. The predicted octanol–water partition coefficient (Wildman–Crippen LogP) is 1.57. The van der Waals surface area contributed by atoms with Crippen LogP contribution in [0.5, 0.6) is 0 Å². The first kappa shape index (κ1) is 23.9. The van der Waals surface area contributed by atoms with E-state index in [1.165, 1.54) is 19.3 Å². The summed E-state index contributed by atoms with van der Waals surface area (Å²) in [5, 5.41) is 8.99. The Hall–Kier alpha value is 1.87. The van der Waals surface area contributed by atoms with E-state index in [1.54, 1.807) is 0 Å². The number of aliphatic hydroxyl groups is 1. The van der Waals surface area contributed by atoms with Gasteiger partial charge in [0.2, 0.25) is 0 Å². The minimum absolute atomic E-state index is 0. The van der Waals surface area contributed by atoms with E-state index >= 15 is 0 Å². The number of hydrogen-bond donors (Lipinski definition) is 2. The molecule has 0 bridgehead atoms. The number of rotatable bonds is 9. The Bertz CT molecular complexity index is 245. The molecule has 0 aromatic carbocycles. The van der Waals surface area contributed by atoms with Crippen molar-refractivity contribution in [2.45, 2.75) is 63.7 Å². The van der Waals surface area contributed by atoms with E-state index < -0.39 is 15.6 Å². The fraction of sp³-hybridized carbons (Fsp3) is 1.00. The molecule has 0 saturated carbocycles. The van der Waals surface area contributed by atoms with Gasteiger partial charge in [0.1, 0.15) is 0 Å². The van der Waals surface area contributed by atoms with Gasteiger partial charge >= 0.3 is 0 Å². The van der Waals surface area contributed by atoms with Gasteiger partial charge in [-0.1, -0.05) is 45.4 Å². The molecule has 0 saturated heterocycles. The van der Waals surface area contributed by atoms with Gasteiger partial charge in [-0.3, -0.25) is 4.55 Å². The quantitative estimate of drug-likeness (QED) is 0.383. The van der Waals surface area contributed by atoms with Gasteiger partial charge in [0.15, 0.2) is 5.44 Å². The van der Waals surface area contributed by atoms with Crippen LogP contribution in [0.25, 0.3) is 0 Å². The summed E-state index contributed by atoms with van der Waals surface area (Å²) in [7, 11) is -4.25. The molecule has 0 aromatic rings. The first-order valence-corrected chi connectivity index (χ1v) is 7.13. The van der Waals surface area contributed by atoms with Crippen molar-refractivity contribution >= 4 is 69.2 Å². The van der Waals surface area contributed by atoms with Crippen molar-refractivity contribution in [3.8, 4) is 0 Å². The van der Waals surface area contributed by atoms with E-state index in [2.05, 4.69) is 6.92 Å². The largest absolute Gasteiger partial charge is 0.375 e. The van der Waals surface area contributed by atoms with E-state index in [4.69, 9.17) is 9.66 Å². The molecule has 4 nitrogen and oxygen atoms in total. The van der Waals surface area contributed by atoms with Gasteiger partial charge in [0.05, 0.1) is 0 Å². The van der Waals surface area contributed by atoms with Crippen LogP contribution in [0.2, 0.25) is 0 Å². The average molecular weight is 284 g/mol. The second-order valence-electron chi connectivity index (χ2n) is 3.88. The summed E-state index contributed by atoms with van der Waals surface area (Å²) in [5.74, 6) is 0. The van der Waals surface area contributed by atoms with Crippen molar-refractivity contribution in [2.75, 3.05) is 0 Å². The summed E-state index contributed by atoms with van der Waals surface area (Å²) < 4.78 is 29.4. The second-order valence-corrected chi connectivity index (χ2v) is 5.45. The maximum absolute atomic E-state index is 10.4. The van der Waals surface area contributed by atoms with E-state index in [1.807, 2.05) is 0 Å². The zero-order chi connectivity index (χ0) is 11.7. The molecule has 0 spiro atoms. The molecule has 0 fully saturated rings. The third-order valence-corrected chi connectivity index (χ3v) is 3.32. The number of hydrogen-bond acceptors (Lipinski definition) is 3. The Kier molecular flexibility index (Phi) is 20.1. The van der Waals surface area contributed by atoms with Crippen molar-refractivity contribution in [3.05, 3.63) is 0 Å². The van der Waals surface area contributed by atoms with Crippen molar-refractivity contribution in [2.24, 2.45) is 0 Å². The summed E-state index contributed by atoms with van der Waals surface area (Å²) in [5.41, 5.74) is -1.60. The third-order valence-electron chi connectivity index (χ3n) is 2.40. The molecule has 0 aliphatic rings. The van der Waals surface area contributed by atoms with Crippen LogP contribution in [0.4, 0.5) is 0 Å². The van der Waals surface area contributed by atoms with Gasteiger partial charge in [-0.25, -0.2) is 0 Å². The fourth-order valence-electron chi connectivity index (χ4n) is 1.42. The topological polar surface area (TPSA) is 74.6 Å². The number of unbranched alkanes of at least 4 members (excludes halogenated alkanes) is 6. The van der Waals surface area contributed by atoms with E-state index in [9.17, 15) is 8.42 Å².